The molecule has 0 aliphatic carbocycles. The Bertz CT molecular complexity index is 1130. The van der Waals surface area contributed by atoms with Gasteiger partial charge in [-0.25, -0.2) is 4.68 Å². The monoisotopic (exact) mass is 394 g/mol. The van der Waals surface area contributed by atoms with Crippen LogP contribution in [0, 0.1) is 0 Å². The van der Waals surface area contributed by atoms with Gasteiger partial charge in [-0.1, -0.05) is 16.8 Å². The maximum Gasteiger partial charge on any atom is 0.254 e. The Labute approximate surface area is 167 Å². The molecule has 2 aromatic carbocycles. The van der Waals surface area contributed by atoms with Crippen molar-refractivity contribution in [2.75, 3.05) is 7.05 Å². The van der Waals surface area contributed by atoms with E-state index in [0.717, 1.165) is 23.4 Å². The molecule has 6 nitrogen and oxygen atoms in total. The number of nitrogens with zero attached hydrogens (tertiary/aromatic N) is 4. The molecule has 0 saturated carbocycles. The third kappa shape index (κ3) is 3.51. The second-order valence-corrected chi connectivity index (χ2v) is 6.98. The van der Waals surface area contributed by atoms with Crippen LogP contribution in [0.5, 0.6) is 0 Å². The highest BCUT2D eigenvalue weighted by Gasteiger charge is 2.16. The molecule has 0 saturated heterocycles. The van der Waals surface area contributed by atoms with E-state index in [2.05, 4.69) is 10.3 Å². The van der Waals surface area contributed by atoms with Crippen LogP contribution in [0.2, 0.25) is 5.02 Å². The molecule has 0 radical (unpaired) electrons. The summed E-state index contributed by atoms with van der Waals surface area (Å²) in [4.78, 5) is 14.4. The molecule has 2 heterocycles. The Morgan fingerprint density at radius 1 is 1.14 bits per heavy atom. The van der Waals surface area contributed by atoms with Crippen molar-refractivity contribution < 1.29 is 9.21 Å². The molecule has 0 bridgehead atoms. The van der Waals surface area contributed by atoms with Gasteiger partial charge in [0.15, 0.2) is 0 Å². The lowest BCUT2D eigenvalue weighted by Crippen LogP contribution is -2.25. The molecule has 2 aromatic heterocycles. The molecule has 1 amide bonds. The van der Waals surface area contributed by atoms with E-state index in [1.54, 1.807) is 28.8 Å². The molecular weight excluding hydrogens is 376 g/mol. The lowest BCUT2D eigenvalue weighted by atomic mass is 10.1. The highest BCUT2D eigenvalue weighted by molar-refractivity contribution is 6.30. The summed E-state index contributed by atoms with van der Waals surface area (Å²) >= 11 is 5.93. The van der Waals surface area contributed by atoms with Gasteiger partial charge < -0.3 is 9.32 Å². The van der Waals surface area contributed by atoms with Gasteiger partial charge in [0.05, 0.1) is 12.1 Å². The molecule has 0 atom stereocenters. The summed E-state index contributed by atoms with van der Waals surface area (Å²) < 4.78 is 7.69. The third-order valence-electron chi connectivity index (χ3n) is 4.59. The molecule has 0 spiro atoms. The van der Waals surface area contributed by atoms with Crippen molar-refractivity contribution in [1.29, 1.82) is 0 Å². The molecule has 142 valence electrons. The normalized spacial score (nSPS) is 11.1. The van der Waals surface area contributed by atoms with Crippen LogP contribution in [0.1, 0.15) is 23.0 Å². The molecule has 28 heavy (non-hydrogen) atoms. The number of fused-ring (bicyclic) bond motifs is 1. The summed E-state index contributed by atoms with van der Waals surface area (Å²) in [7, 11) is 1.75. The number of benzene rings is 2. The largest absolute Gasteiger partial charge is 0.459 e. The van der Waals surface area contributed by atoms with Gasteiger partial charge in [-0.3, -0.25) is 4.79 Å². The number of rotatable bonds is 5. The van der Waals surface area contributed by atoms with Gasteiger partial charge >= 0.3 is 0 Å². The fourth-order valence-corrected chi connectivity index (χ4v) is 3.22. The quantitative estimate of drug-likeness (QED) is 0.494. The number of aromatic nitrogens is 3. The van der Waals surface area contributed by atoms with Crippen molar-refractivity contribution in [3.05, 3.63) is 70.9 Å². The predicted octanol–water partition coefficient (Wildman–Crippen LogP) is 4.64. The molecular formula is C21H19ClN4O2. The van der Waals surface area contributed by atoms with E-state index in [9.17, 15) is 4.79 Å². The van der Waals surface area contributed by atoms with Crippen LogP contribution in [0.3, 0.4) is 0 Å². The SMILES string of the molecule is CCn1nnc2cc(C(=O)N(C)Cc3ccc(-c4ccc(Cl)cc4)o3)ccc21. The lowest BCUT2D eigenvalue weighted by Gasteiger charge is -2.15. The predicted molar refractivity (Wildman–Crippen MR) is 108 cm³/mol. The van der Waals surface area contributed by atoms with Gasteiger partial charge in [-0.05, 0) is 61.5 Å². The number of hydrogen-bond acceptors (Lipinski definition) is 4. The van der Waals surface area contributed by atoms with E-state index in [0.29, 0.717) is 28.4 Å². The number of halogens is 1. The van der Waals surface area contributed by atoms with Crippen molar-refractivity contribution in [2.45, 2.75) is 20.0 Å². The summed E-state index contributed by atoms with van der Waals surface area (Å²) in [6.45, 7) is 3.10. The van der Waals surface area contributed by atoms with Crippen LogP contribution in [0.15, 0.2) is 59.0 Å². The molecule has 0 unspecified atom stereocenters. The van der Waals surface area contributed by atoms with Crippen molar-refractivity contribution in [2.24, 2.45) is 0 Å². The highest BCUT2D eigenvalue weighted by atomic mass is 35.5. The average Bonchev–Trinajstić information content (AvgIpc) is 3.34. The molecule has 4 rings (SSSR count). The summed E-state index contributed by atoms with van der Waals surface area (Å²) in [5.41, 5.74) is 3.14. The van der Waals surface area contributed by atoms with Crippen LogP contribution >= 0.6 is 11.6 Å². The zero-order valence-electron chi connectivity index (χ0n) is 15.6. The van der Waals surface area contributed by atoms with Crippen molar-refractivity contribution in [3.8, 4) is 11.3 Å². The standard InChI is InChI=1S/C21H19ClN4O2/c1-3-26-19-10-6-15(12-18(19)23-24-26)21(27)25(2)13-17-9-11-20(28-17)14-4-7-16(22)8-5-14/h4-12H,3,13H2,1-2H3. The van der Waals surface area contributed by atoms with E-state index in [1.165, 1.54) is 0 Å². The minimum atomic E-state index is -0.0996. The Kier molecular flexibility index (Phi) is 4.88. The first-order chi connectivity index (χ1) is 13.5. The Morgan fingerprint density at radius 2 is 1.93 bits per heavy atom. The first-order valence-corrected chi connectivity index (χ1v) is 9.36. The number of carbonyl (C=O) groups excluding carboxylic acids is 1. The second kappa shape index (κ2) is 7.48. The average molecular weight is 395 g/mol. The van der Waals surface area contributed by atoms with Crippen LogP contribution in [0.25, 0.3) is 22.4 Å². The zero-order chi connectivity index (χ0) is 19.7. The molecule has 0 aliphatic rings. The first-order valence-electron chi connectivity index (χ1n) is 8.98. The van der Waals surface area contributed by atoms with Crippen molar-refractivity contribution in [3.63, 3.8) is 0 Å². The number of hydrogen-bond donors (Lipinski definition) is 0. The number of amides is 1. The van der Waals surface area contributed by atoms with Crippen molar-refractivity contribution in [1.82, 2.24) is 19.9 Å². The van der Waals surface area contributed by atoms with Gasteiger partial charge in [0.1, 0.15) is 17.0 Å². The summed E-state index contributed by atoms with van der Waals surface area (Å²) in [6, 6.07) is 16.7. The van der Waals surface area contributed by atoms with E-state index < -0.39 is 0 Å². The smallest absolute Gasteiger partial charge is 0.254 e. The van der Waals surface area contributed by atoms with E-state index in [4.69, 9.17) is 16.0 Å². The Hall–Kier alpha value is -3.12. The third-order valence-corrected chi connectivity index (χ3v) is 4.84. The van der Waals surface area contributed by atoms with Crippen LogP contribution in [-0.4, -0.2) is 32.8 Å². The van der Waals surface area contributed by atoms with E-state index in [-0.39, 0.29) is 5.91 Å². The van der Waals surface area contributed by atoms with Gasteiger partial charge in [-0.2, -0.15) is 0 Å². The van der Waals surface area contributed by atoms with Crippen LogP contribution in [-0.2, 0) is 13.1 Å². The minimum absolute atomic E-state index is 0.0996. The number of aryl methyl sites for hydroxylation is 1. The van der Waals surface area contributed by atoms with Gasteiger partial charge in [0.25, 0.3) is 5.91 Å². The van der Waals surface area contributed by atoms with Gasteiger partial charge in [0, 0.05) is 29.7 Å². The molecule has 4 aromatic rings. The van der Waals surface area contributed by atoms with Crippen molar-refractivity contribution >= 4 is 28.5 Å². The fraction of sp³-hybridized carbons (Fsp3) is 0.190. The maximum atomic E-state index is 12.8. The first kappa shape index (κ1) is 18.3. The van der Waals surface area contributed by atoms with Gasteiger partial charge in [-0.15, -0.1) is 5.10 Å². The number of carbonyl (C=O) groups is 1. The summed E-state index contributed by atoms with van der Waals surface area (Å²) in [5, 5.41) is 8.89. The maximum absolute atomic E-state index is 12.8. The van der Waals surface area contributed by atoms with Gasteiger partial charge in [0.2, 0.25) is 0 Å². The van der Waals surface area contributed by atoms with Crippen LogP contribution < -0.4 is 0 Å². The molecule has 7 heteroatoms. The highest BCUT2D eigenvalue weighted by Crippen LogP contribution is 2.24. The zero-order valence-corrected chi connectivity index (χ0v) is 16.3. The topological polar surface area (TPSA) is 64.2 Å². The Morgan fingerprint density at radius 3 is 2.68 bits per heavy atom. The lowest BCUT2D eigenvalue weighted by molar-refractivity contribution is 0.0776. The number of furan rings is 1. The Balaban J connectivity index is 1.49. The molecule has 0 fully saturated rings. The minimum Gasteiger partial charge on any atom is -0.459 e. The molecule has 0 N–H and O–H groups in total. The molecule has 0 aliphatic heterocycles. The summed E-state index contributed by atoms with van der Waals surface area (Å²) in [5.74, 6) is 1.35. The van der Waals surface area contributed by atoms with E-state index in [1.807, 2.05) is 49.4 Å². The van der Waals surface area contributed by atoms with Crippen LogP contribution in [0.4, 0.5) is 0 Å². The second-order valence-electron chi connectivity index (χ2n) is 6.54. The fourth-order valence-electron chi connectivity index (χ4n) is 3.10. The summed E-state index contributed by atoms with van der Waals surface area (Å²) in [6.07, 6.45) is 0. The van der Waals surface area contributed by atoms with E-state index >= 15 is 0 Å².